The molecule has 2 N–H and O–H groups in total. The molecule has 7 nitrogen and oxygen atoms in total. The Hall–Kier alpha value is -2.32. The summed E-state index contributed by atoms with van der Waals surface area (Å²) in [6.07, 6.45) is 1.57. The lowest BCUT2D eigenvalue weighted by molar-refractivity contribution is 0.0584. The van der Waals surface area contributed by atoms with Crippen LogP contribution in [0.3, 0.4) is 0 Å². The lowest BCUT2D eigenvalue weighted by atomic mass is 10.1. The number of carbonyl (C=O) groups is 1. The van der Waals surface area contributed by atoms with Crippen molar-refractivity contribution in [1.82, 2.24) is 4.98 Å². The molecule has 1 aliphatic rings. The Morgan fingerprint density at radius 2 is 1.96 bits per heavy atom. The van der Waals surface area contributed by atoms with Gasteiger partial charge in [-0.1, -0.05) is 20.4 Å². The zero-order valence-electron chi connectivity index (χ0n) is 16.3. The van der Waals surface area contributed by atoms with Crippen molar-refractivity contribution in [2.24, 2.45) is 0 Å². The number of nitrogens with zero attached hydrogens (tertiary/aromatic N) is 1. The van der Waals surface area contributed by atoms with Gasteiger partial charge in [0.1, 0.15) is 10.5 Å². The van der Waals surface area contributed by atoms with E-state index in [2.05, 4.69) is 11.6 Å². The maximum Gasteiger partial charge on any atom is 0.414 e. The first kappa shape index (κ1) is 21.0. The molecule has 27 heavy (non-hydrogen) atoms. The van der Waals surface area contributed by atoms with Crippen LogP contribution in [0.2, 0.25) is 0 Å². The van der Waals surface area contributed by atoms with E-state index in [0.717, 1.165) is 5.56 Å². The lowest BCUT2D eigenvalue weighted by Gasteiger charge is -2.25. The summed E-state index contributed by atoms with van der Waals surface area (Å²) in [6.45, 7) is 13.3. The Morgan fingerprint density at radius 3 is 2.48 bits per heavy atom. The Balaban J connectivity index is 0.00000126. The standard InChI is InChI=1S/C17H20N2O5S.C2H6/c1-5-10-8-12-11-6-7-19(16(20)24-17(2,3)4)13(11)9-14(15(12)18-10)25(21,22)23;1-2/h5,8-9,18H,1,6-7H2,2-4H3,(H,21,22,23);1-2H3. The summed E-state index contributed by atoms with van der Waals surface area (Å²) in [5.74, 6) is 0. The van der Waals surface area contributed by atoms with Crippen LogP contribution < -0.4 is 4.90 Å². The minimum atomic E-state index is -4.47. The second kappa shape index (κ2) is 7.36. The molecule has 0 spiro atoms. The molecule has 1 amide bonds. The van der Waals surface area contributed by atoms with Crippen LogP contribution in [0, 0.1) is 0 Å². The maximum absolute atomic E-state index is 12.4. The number of ether oxygens (including phenoxy) is 1. The second-order valence-corrected chi connectivity index (χ2v) is 8.34. The fourth-order valence-electron chi connectivity index (χ4n) is 3.00. The van der Waals surface area contributed by atoms with Crippen LogP contribution in [0.4, 0.5) is 10.5 Å². The number of fused-ring (bicyclic) bond motifs is 3. The molecule has 0 aliphatic carbocycles. The van der Waals surface area contributed by atoms with Gasteiger partial charge in [-0.25, -0.2) is 4.79 Å². The number of benzene rings is 1. The van der Waals surface area contributed by atoms with E-state index in [1.165, 1.54) is 11.0 Å². The molecule has 148 valence electrons. The smallest absolute Gasteiger partial charge is 0.414 e. The van der Waals surface area contributed by atoms with Gasteiger partial charge in [0, 0.05) is 17.6 Å². The summed E-state index contributed by atoms with van der Waals surface area (Å²) in [4.78, 5) is 16.5. The minimum Gasteiger partial charge on any atom is -0.443 e. The fourth-order valence-corrected chi connectivity index (χ4v) is 3.68. The van der Waals surface area contributed by atoms with E-state index in [1.807, 2.05) is 13.8 Å². The Labute approximate surface area is 159 Å². The van der Waals surface area contributed by atoms with Crippen LogP contribution in [0.15, 0.2) is 23.6 Å². The third kappa shape index (κ3) is 4.17. The van der Waals surface area contributed by atoms with Gasteiger partial charge in [0.25, 0.3) is 10.1 Å². The first-order chi connectivity index (χ1) is 12.5. The number of hydrogen-bond acceptors (Lipinski definition) is 4. The van der Waals surface area contributed by atoms with Crippen LogP contribution in [0.1, 0.15) is 45.9 Å². The van der Waals surface area contributed by atoms with Gasteiger partial charge in [-0.2, -0.15) is 8.42 Å². The third-order valence-corrected chi connectivity index (χ3v) is 4.85. The van der Waals surface area contributed by atoms with E-state index in [9.17, 15) is 17.8 Å². The van der Waals surface area contributed by atoms with Gasteiger partial charge in [0.15, 0.2) is 0 Å². The fraction of sp³-hybridized carbons (Fsp3) is 0.421. The molecule has 0 saturated heterocycles. The second-order valence-electron chi connectivity index (χ2n) is 6.95. The molecule has 0 atom stereocenters. The van der Waals surface area contributed by atoms with Gasteiger partial charge >= 0.3 is 6.09 Å². The van der Waals surface area contributed by atoms with Crippen LogP contribution in [-0.4, -0.2) is 36.2 Å². The number of anilines is 1. The summed E-state index contributed by atoms with van der Waals surface area (Å²) < 4.78 is 38.6. The van der Waals surface area contributed by atoms with Crippen LogP contribution in [-0.2, 0) is 21.3 Å². The third-order valence-electron chi connectivity index (χ3n) is 3.97. The van der Waals surface area contributed by atoms with Crippen LogP contribution >= 0.6 is 0 Å². The Kier molecular flexibility index (Phi) is 5.72. The van der Waals surface area contributed by atoms with Gasteiger partial charge in [0.2, 0.25) is 0 Å². The molecule has 1 aliphatic heterocycles. The normalized spacial score (nSPS) is 13.8. The van der Waals surface area contributed by atoms with Crippen molar-refractivity contribution in [3.63, 3.8) is 0 Å². The van der Waals surface area contributed by atoms with Crippen molar-refractivity contribution in [3.05, 3.63) is 30.0 Å². The molecular formula is C19H26N2O5S. The predicted octanol–water partition coefficient (Wildman–Crippen LogP) is 4.38. The molecule has 2 aromatic rings. The molecule has 3 rings (SSSR count). The molecule has 1 aromatic carbocycles. The SMILES string of the molecule is C=Cc1cc2c3c(cc(S(=O)(=O)O)c2[nH]1)N(C(=O)OC(C)(C)C)CC3.CC. The summed E-state index contributed by atoms with van der Waals surface area (Å²) in [5.41, 5.74) is 1.53. The van der Waals surface area contributed by atoms with Gasteiger partial charge < -0.3 is 9.72 Å². The number of hydrogen-bond donors (Lipinski definition) is 2. The Morgan fingerprint density at radius 1 is 1.33 bits per heavy atom. The number of aromatic nitrogens is 1. The number of nitrogens with one attached hydrogen (secondary N) is 1. The average molecular weight is 394 g/mol. The summed E-state index contributed by atoms with van der Waals surface area (Å²) in [6, 6.07) is 3.07. The van der Waals surface area contributed by atoms with Crippen molar-refractivity contribution in [1.29, 1.82) is 0 Å². The molecule has 8 heteroatoms. The minimum absolute atomic E-state index is 0.273. The van der Waals surface area contributed by atoms with E-state index in [0.29, 0.717) is 35.2 Å². The zero-order valence-corrected chi connectivity index (χ0v) is 17.1. The zero-order chi connectivity index (χ0) is 20.6. The average Bonchev–Trinajstić information content (AvgIpc) is 3.16. The molecule has 2 heterocycles. The molecule has 0 radical (unpaired) electrons. The lowest BCUT2D eigenvalue weighted by Crippen LogP contribution is -2.35. The van der Waals surface area contributed by atoms with Crippen molar-refractivity contribution >= 4 is 38.9 Å². The van der Waals surface area contributed by atoms with E-state index in [4.69, 9.17) is 4.74 Å². The summed E-state index contributed by atoms with van der Waals surface area (Å²) >= 11 is 0. The maximum atomic E-state index is 12.4. The van der Waals surface area contributed by atoms with Gasteiger partial charge in [-0.05, 0) is 51.0 Å². The van der Waals surface area contributed by atoms with Gasteiger partial charge in [-0.15, -0.1) is 0 Å². The summed E-state index contributed by atoms with van der Waals surface area (Å²) in [7, 11) is -4.47. The number of H-pyrrole nitrogens is 1. The van der Waals surface area contributed by atoms with Crippen LogP contribution in [0.5, 0.6) is 0 Å². The molecule has 0 unspecified atom stereocenters. The molecule has 0 bridgehead atoms. The highest BCUT2D eigenvalue weighted by molar-refractivity contribution is 7.86. The molecule has 1 aromatic heterocycles. The van der Waals surface area contributed by atoms with Crippen molar-refractivity contribution in [2.75, 3.05) is 11.4 Å². The highest BCUT2D eigenvalue weighted by Gasteiger charge is 2.33. The van der Waals surface area contributed by atoms with Crippen molar-refractivity contribution < 1.29 is 22.5 Å². The monoisotopic (exact) mass is 394 g/mol. The molecule has 0 saturated carbocycles. The van der Waals surface area contributed by atoms with E-state index >= 15 is 0 Å². The number of carbonyl (C=O) groups excluding carboxylic acids is 1. The topological polar surface area (TPSA) is 99.7 Å². The number of amides is 1. The van der Waals surface area contributed by atoms with Crippen molar-refractivity contribution in [3.8, 4) is 0 Å². The number of rotatable bonds is 2. The summed E-state index contributed by atoms with van der Waals surface area (Å²) in [5, 5.41) is 0.645. The number of aromatic amines is 1. The van der Waals surface area contributed by atoms with E-state index in [1.54, 1.807) is 32.9 Å². The quantitative estimate of drug-likeness (QED) is 0.736. The molecule has 0 fully saturated rings. The first-order valence-corrected chi connectivity index (χ1v) is 10.2. The Bertz CT molecular complexity index is 984. The van der Waals surface area contributed by atoms with Gasteiger partial charge in [-0.3, -0.25) is 9.45 Å². The van der Waals surface area contributed by atoms with Crippen LogP contribution in [0.25, 0.3) is 17.0 Å². The van der Waals surface area contributed by atoms with Crippen molar-refractivity contribution in [2.45, 2.75) is 51.5 Å². The van der Waals surface area contributed by atoms with Gasteiger partial charge in [0.05, 0.1) is 11.2 Å². The first-order valence-electron chi connectivity index (χ1n) is 8.80. The van der Waals surface area contributed by atoms with E-state index < -0.39 is 21.8 Å². The predicted molar refractivity (Wildman–Crippen MR) is 107 cm³/mol. The highest BCUT2D eigenvalue weighted by atomic mass is 32.2. The van der Waals surface area contributed by atoms with E-state index in [-0.39, 0.29) is 4.90 Å². The highest BCUT2D eigenvalue weighted by Crippen LogP contribution is 2.39. The molecular weight excluding hydrogens is 368 g/mol. The largest absolute Gasteiger partial charge is 0.443 e.